The summed E-state index contributed by atoms with van der Waals surface area (Å²) in [5, 5.41) is 0. The number of carbonyl (C=O) groups excluding carboxylic acids is 3. The van der Waals surface area contributed by atoms with Gasteiger partial charge in [-0.15, -0.1) is 0 Å². The van der Waals surface area contributed by atoms with Crippen LogP contribution in [0.15, 0.2) is 72.9 Å². The summed E-state index contributed by atoms with van der Waals surface area (Å²) < 4.78 is 16.8. The molecule has 6 heteroatoms. The molecule has 1 atom stereocenters. The number of esters is 3. The van der Waals surface area contributed by atoms with Crippen molar-refractivity contribution in [1.82, 2.24) is 0 Å². The molecule has 67 heavy (non-hydrogen) atoms. The standard InChI is InChI=1S/C61H106O6/c1-4-7-10-13-16-19-22-25-28-30-31-32-34-36-39-42-45-48-51-54-60(63)66-57-58(56-65-59(62)53-50-47-44-41-38-35-27-24-21-18-15-12-9-6-3)67-61(64)55-52-49-46-43-40-37-33-29-26-23-20-17-14-11-8-5-2/h15-16,18-19,24-25,27-29,31-33,58H,4-14,17,20-23,26,30,34-57H2,1-3H3/b18-15-,19-16-,27-24-,28-25-,32-31-,33-29-. The van der Waals surface area contributed by atoms with Crippen LogP contribution in [0.1, 0.15) is 278 Å². The van der Waals surface area contributed by atoms with Crippen molar-refractivity contribution in [1.29, 1.82) is 0 Å². The van der Waals surface area contributed by atoms with Gasteiger partial charge in [-0.1, -0.05) is 222 Å². The average molecular weight is 936 g/mol. The lowest BCUT2D eigenvalue weighted by Gasteiger charge is -2.18. The summed E-state index contributed by atoms with van der Waals surface area (Å²) in [6, 6.07) is 0. The smallest absolute Gasteiger partial charge is 0.306 e. The highest BCUT2D eigenvalue weighted by molar-refractivity contribution is 5.71. The molecule has 0 aromatic carbocycles. The molecule has 0 saturated carbocycles. The Kier molecular flexibility index (Phi) is 52.8. The van der Waals surface area contributed by atoms with Crippen molar-refractivity contribution in [3.05, 3.63) is 72.9 Å². The average Bonchev–Trinajstić information content (AvgIpc) is 3.33. The summed E-state index contributed by atoms with van der Waals surface area (Å²) in [4.78, 5) is 38.1. The van der Waals surface area contributed by atoms with Crippen LogP contribution in [-0.4, -0.2) is 37.2 Å². The Labute approximate surface area is 414 Å². The summed E-state index contributed by atoms with van der Waals surface area (Å²) in [7, 11) is 0. The molecule has 0 aliphatic heterocycles. The normalized spacial score (nSPS) is 12.6. The first-order valence-corrected chi connectivity index (χ1v) is 28.4. The van der Waals surface area contributed by atoms with Crippen LogP contribution >= 0.6 is 0 Å². The van der Waals surface area contributed by atoms with Gasteiger partial charge in [0.2, 0.25) is 0 Å². The summed E-state index contributed by atoms with van der Waals surface area (Å²) in [5.41, 5.74) is 0. The van der Waals surface area contributed by atoms with E-state index in [4.69, 9.17) is 14.2 Å². The lowest BCUT2D eigenvalue weighted by Crippen LogP contribution is -2.30. The van der Waals surface area contributed by atoms with Gasteiger partial charge in [0.1, 0.15) is 13.2 Å². The van der Waals surface area contributed by atoms with Gasteiger partial charge in [-0.3, -0.25) is 14.4 Å². The molecule has 0 spiro atoms. The van der Waals surface area contributed by atoms with Crippen molar-refractivity contribution in [3.63, 3.8) is 0 Å². The molecule has 0 radical (unpaired) electrons. The Hall–Kier alpha value is -3.15. The minimum Gasteiger partial charge on any atom is -0.462 e. The second-order valence-electron chi connectivity index (χ2n) is 18.8. The molecule has 6 nitrogen and oxygen atoms in total. The molecular weight excluding hydrogens is 829 g/mol. The fourth-order valence-electron chi connectivity index (χ4n) is 7.81. The first-order chi connectivity index (χ1) is 33.0. The van der Waals surface area contributed by atoms with Gasteiger partial charge in [-0.2, -0.15) is 0 Å². The Morgan fingerprint density at radius 1 is 0.299 bits per heavy atom. The highest BCUT2D eigenvalue weighted by Crippen LogP contribution is 2.14. The Balaban J connectivity index is 4.42. The zero-order valence-electron chi connectivity index (χ0n) is 44.2. The van der Waals surface area contributed by atoms with Crippen molar-refractivity contribution >= 4 is 17.9 Å². The zero-order chi connectivity index (χ0) is 48.6. The number of hydrogen-bond acceptors (Lipinski definition) is 6. The molecule has 0 N–H and O–H groups in total. The van der Waals surface area contributed by atoms with Crippen LogP contribution in [0.4, 0.5) is 0 Å². The van der Waals surface area contributed by atoms with E-state index < -0.39 is 6.10 Å². The lowest BCUT2D eigenvalue weighted by molar-refractivity contribution is -0.167. The predicted octanol–water partition coefficient (Wildman–Crippen LogP) is 19.0. The van der Waals surface area contributed by atoms with E-state index in [1.165, 1.54) is 122 Å². The molecule has 0 aromatic rings. The van der Waals surface area contributed by atoms with Crippen molar-refractivity contribution in [3.8, 4) is 0 Å². The summed E-state index contributed by atoms with van der Waals surface area (Å²) in [5.74, 6) is -0.917. The maximum absolute atomic E-state index is 12.8. The van der Waals surface area contributed by atoms with Crippen LogP contribution in [-0.2, 0) is 28.6 Å². The summed E-state index contributed by atoms with van der Waals surface area (Å²) >= 11 is 0. The van der Waals surface area contributed by atoms with Crippen LogP contribution in [0, 0.1) is 0 Å². The number of carbonyl (C=O) groups is 3. The molecule has 0 aliphatic carbocycles. The van der Waals surface area contributed by atoms with Gasteiger partial charge in [0.25, 0.3) is 0 Å². The van der Waals surface area contributed by atoms with Gasteiger partial charge in [-0.25, -0.2) is 0 Å². The summed E-state index contributed by atoms with van der Waals surface area (Å²) in [6.07, 6.45) is 70.2. The molecular formula is C61H106O6. The van der Waals surface area contributed by atoms with Gasteiger partial charge in [0.05, 0.1) is 0 Å². The second kappa shape index (κ2) is 55.4. The number of unbranched alkanes of at least 4 members (excludes halogenated alkanes) is 28. The van der Waals surface area contributed by atoms with Crippen LogP contribution in [0.3, 0.4) is 0 Å². The molecule has 1 unspecified atom stereocenters. The number of rotatable bonds is 51. The lowest BCUT2D eigenvalue weighted by atomic mass is 10.1. The molecule has 0 amide bonds. The largest absolute Gasteiger partial charge is 0.462 e. The van der Waals surface area contributed by atoms with E-state index in [0.717, 1.165) is 116 Å². The van der Waals surface area contributed by atoms with Crippen molar-refractivity contribution in [2.24, 2.45) is 0 Å². The summed E-state index contributed by atoms with van der Waals surface area (Å²) in [6.45, 7) is 6.55. The van der Waals surface area contributed by atoms with Gasteiger partial charge < -0.3 is 14.2 Å². The van der Waals surface area contributed by atoms with Crippen LogP contribution in [0.5, 0.6) is 0 Å². The fraction of sp³-hybridized carbons (Fsp3) is 0.754. The van der Waals surface area contributed by atoms with Crippen LogP contribution in [0.25, 0.3) is 0 Å². The second-order valence-corrected chi connectivity index (χ2v) is 18.8. The number of allylic oxidation sites excluding steroid dienone is 12. The third-order valence-corrected chi connectivity index (χ3v) is 12.2. The SMILES string of the molecule is CCCC/C=C\C/C=C\CCCCCCCC(=O)OCC(COC(=O)CCCCCCCC/C=C\C/C=C\C/C=C\CCCCC)OC(=O)CCCCCCC/C=C\CCCCCCCCC. The minimum atomic E-state index is -0.791. The van der Waals surface area contributed by atoms with Crippen molar-refractivity contribution in [2.75, 3.05) is 13.2 Å². The molecule has 0 fully saturated rings. The van der Waals surface area contributed by atoms with Crippen molar-refractivity contribution in [2.45, 2.75) is 284 Å². The maximum Gasteiger partial charge on any atom is 0.306 e. The monoisotopic (exact) mass is 935 g/mol. The Morgan fingerprint density at radius 2 is 0.552 bits per heavy atom. The molecule has 0 heterocycles. The quantitative estimate of drug-likeness (QED) is 0.0262. The van der Waals surface area contributed by atoms with Crippen molar-refractivity contribution < 1.29 is 28.6 Å². The Bertz CT molecular complexity index is 1260. The van der Waals surface area contributed by atoms with Gasteiger partial charge in [0, 0.05) is 19.3 Å². The maximum atomic E-state index is 12.8. The van der Waals surface area contributed by atoms with E-state index in [0.29, 0.717) is 19.3 Å². The van der Waals surface area contributed by atoms with E-state index in [-0.39, 0.29) is 31.1 Å². The molecule has 0 aromatic heterocycles. The van der Waals surface area contributed by atoms with E-state index in [9.17, 15) is 14.4 Å². The number of hydrogen-bond donors (Lipinski definition) is 0. The van der Waals surface area contributed by atoms with E-state index >= 15 is 0 Å². The van der Waals surface area contributed by atoms with Crippen LogP contribution in [0.2, 0.25) is 0 Å². The first-order valence-electron chi connectivity index (χ1n) is 28.4. The van der Waals surface area contributed by atoms with Gasteiger partial charge in [-0.05, 0) is 109 Å². The first kappa shape index (κ1) is 63.8. The molecule has 0 rings (SSSR count). The van der Waals surface area contributed by atoms with Crippen LogP contribution < -0.4 is 0 Å². The highest BCUT2D eigenvalue weighted by atomic mass is 16.6. The van der Waals surface area contributed by atoms with Gasteiger partial charge >= 0.3 is 17.9 Å². The fourth-order valence-corrected chi connectivity index (χ4v) is 7.81. The number of ether oxygens (including phenoxy) is 3. The molecule has 0 bridgehead atoms. The minimum absolute atomic E-state index is 0.0899. The third kappa shape index (κ3) is 53.7. The topological polar surface area (TPSA) is 78.9 Å². The van der Waals surface area contributed by atoms with E-state index in [1.54, 1.807) is 0 Å². The highest BCUT2D eigenvalue weighted by Gasteiger charge is 2.19. The van der Waals surface area contributed by atoms with E-state index in [2.05, 4.69) is 93.7 Å². The molecule has 0 saturated heterocycles. The predicted molar refractivity (Wildman–Crippen MR) is 288 cm³/mol. The zero-order valence-corrected chi connectivity index (χ0v) is 44.2. The molecule has 386 valence electrons. The Morgan fingerprint density at radius 3 is 0.925 bits per heavy atom. The molecule has 0 aliphatic rings. The van der Waals surface area contributed by atoms with E-state index in [1.807, 2.05) is 0 Å². The third-order valence-electron chi connectivity index (χ3n) is 12.2. The van der Waals surface area contributed by atoms with Gasteiger partial charge in [0.15, 0.2) is 6.10 Å².